The Balaban J connectivity index is 1.41. The first-order valence-corrected chi connectivity index (χ1v) is 13.5. The van der Waals surface area contributed by atoms with Gasteiger partial charge in [0, 0.05) is 24.4 Å². The van der Waals surface area contributed by atoms with E-state index in [-0.39, 0.29) is 24.2 Å². The van der Waals surface area contributed by atoms with Crippen molar-refractivity contribution >= 4 is 17.6 Å². The summed E-state index contributed by atoms with van der Waals surface area (Å²) in [6, 6.07) is 17.8. The molecule has 2 atom stereocenters. The van der Waals surface area contributed by atoms with Gasteiger partial charge in [0.05, 0.1) is 25.4 Å². The molecule has 2 aromatic carbocycles. The number of carbonyl (C=O) groups is 1. The smallest absolute Gasteiger partial charge is 0.257 e. The Bertz CT molecular complexity index is 1360. The maximum atomic E-state index is 14.5. The minimum Gasteiger partial charge on any atom is -0.493 e. The second kappa shape index (κ2) is 9.91. The zero-order valence-corrected chi connectivity index (χ0v) is 22.2. The number of rotatable bonds is 6. The van der Waals surface area contributed by atoms with Gasteiger partial charge in [-0.1, -0.05) is 30.3 Å². The first-order valence-electron chi connectivity index (χ1n) is 13.5. The molecule has 1 saturated heterocycles. The summed E-state index contributed by atoms with van der Waals surface area (Å²) < 4.78 is 18.4. The second-order valence-corrected chi connectivity index (χ2v) is 10.9. The molecule has 2 fully saturated rings. The lowest BCUT2D eigenvalue weighted by atomic mass is 9.98. The number of fused-ring (bicyclic) bond motifs is 3. The van der Waals surface area contributed by atoms with Crippen molar-refractivity contribution in [3.8, 4) is 11.5 Å². The molecule has 38 heavy (non-hydrogen) atoms. The Morgan fingerprint density at radius 3 is 2.58 bits per heavy atom. The molecule has 6 rings (SSSR count). The van der Waals surface area contributed by atoms with Crippen molar-refractivity contribution in [1.82, 2.24) is 9.88 Å². The lowest BCUT2D eigenvalue weighted by Crippen LogP contribution is -2.45. The minimum atomic E-state index is -0.747. The van der Waals surface area contributed by atoms with Crippen LogP contribution in [0.4, 0.5) is 0 Å². The average Bonchev–Trinajstić information content (AvgIpc) is 3.61. The third-order valence-corrected chi connectivity index (χ3v) is 7.98. The van der Waals surface area contributed by atoms with Crippen molar-refractivity contribution in [2.45, 2.75) is 69.9 Å². The zero-order valence-electron chi connectivity index (χ0n) is 22.2. The summed E-state index contributed by atoms with van der Waals surface area (Å²) in [7, 11) is 1.66. The summed E-state index contributed by atoms with van der Waals surface area (Å²) >= 11 is 0. The lowest BCUT2D eigenvalue weighted by molar-refractivity contribution is -0.141. The van der Waals surface area contributed by atoms with Crippen molar-refractivity contribution in [3.63, 3.8) is 0 Å². The zero-order chi connectivity index (χ0) is 26.3. The van der Waals surface area contributed by atoms with Crippen LogP contribution in [0.5, 0.6) is 11.5 Å². The molecule has 6 nitrogen and oxygen atoms in total. The van der Waals surface area contributed by atoms with Crippen molar-refractivity contribution in [2.24, 2.45) is 0 Å². The fraction of sp³-hybridized carbons (Fsp3) is 0.375. The van der Waals surface area contributed by atoms with Gasteiger partial charge in [0.2, 0.25) is 0 Å². The maximum absolute atomic E-state index is 14.5. The van der Waals surface area contributed by atoms with E-state index in [0.29, 0.717) is 17.1 Å². The molecule has 3 aromatic rings. The molecule has 0 unspecified atom stereocenters. The number of nitrogens with zero attached hydrogens (tertiary/aromatic N) is 2. The number of benzene rings is 2. The van der Waals surface area contributed by atoms with E-state index in [2.05, 4.69) is 17.1 Å². The molecule has 0 bridgehead atoms. The van der Waals surface area contributed by atoms with Crippen molar-refractivity contribution < 1.29 is 19.0 Å². The Labute approximate surface area is 224 Å². The SMILES string of the molecule is COc1ccc(/C=C(/C(=O)N2[C@H]3c4ccccc4C[C@H]3OC2(C)C)c2ccncc2)cc1OC1CCCC1. The van der Waals surface area contributed by atoms with E-state index >= 15 is 0 Å². The quantitative estimate of drug-likeness (QED) is 0.369. The van der Waals surface area contributed by atoms with E-state index in [1.807, 2.05) is 67.3 Å². The van der Waals surface area contributed by atoms with Crippen LogP contribution in [0.2, 0.25) is 0 Å². The predicted octanol–water partition coefficient (Wildman–Crippen LogP) is 6.21. The van der Waals surface area contributed by atoms with E-state index < -0.39 is 5.72 Å². The van der Waals surface area contributed by atoms with E-state index in [4.69, 9.17) is 14.2 Å². The molecular formula is C32H34N2O4. The Morgan fingerprint density at radius 1 is 1.05 bits per heavy atom. The summed E-state index contributed by atoms with van der Waals surface area (Å²) in [5.41, 5.74) is 3.94. The van der Waals surface area contributed by atoms with Gasteiger partial charge in [0.1, 0.15) is 5.72 Å². The van der Waals surface area contributed by atoms with E-state index in [0.717, 1.165) is 30.4 Å². The predicted molar refractivity (Wildman–Crippen MR) is 147 cm³/mol. The number of amides is 1. The fourth-order valence-corrected chi connectivity index (χ4v) is 6.24. The minimum absolute atomic E-state index is 0.0579. The Hall–Kier alpha value is -3.64. The fourth-order valence-electron chi connectivity index (χ4n) is 6.24. The number of carbonyl (C=O) groups excluding carboxylic acids is 1. The third-order valence-electron chi connectivity index (χ3n) is 7.98. The summed E-state index contributed by atoms with van der Waals surface area (Å²) in [4.78, 5) is 20.6. The average molecular weight is 511 g/mol. The van der Waals surface area contributed by atoms with Gasteiger partial charge in [-0.15, -0.1) is 0 Å². The number of hydrogen-bond acceptors (Lipinski definition) is 5. The molecule has 6 heteroatoms. The van der Waals surface area contributed by atoms with Gasteiger partial charge in [0.15, 0.2) is 11.5 Å². The van der Waals surface area contributed by atoms with Crippen LogP contribution in [0.15, 0.2) is 67.0 Å². The summed E-state index contributed by atoms with van der Waals surface area (Å²) in [5.74, 6) is 1.34. The monoisotopic (exact) mass is 510 g/mol. The number of hydrogen-bond donors (Lipinski definition) is 0. The summed E-state index contributed by atoms with van der Waals surface area (Å²) in [6.07, 6.45) is 10.8. The molecule has 196 valence electrons. The molecule has 0 spiro atoms. The van der Waals surface area contributed by atoms with E-state index in [1.165, 1.54) is 24.0 Å². The number of pyridine rings is 1. The number of ether oxygens (including phenoxy) is 3. The lowest BCUT2D eigenvalue weighted by Gasteiger charge is -2.34. The first-order chi connectivity index (χ1) is 18.4. The highest BCUT2D eigenvalue weighted by Gasteiger charge is 2.54. The van der Waals surface area contributed by atoms with Crippen molar-refractivity contribution in [3.05, 3.63) is 89.2 Å². The van der Waals surface area contributed by atoms with E-state index in [9.17, 15) is 4.79 Å². The van der Waals surface area contributed by atoms with Crippen molar-refractivity contribution in [2.75, 3.05) is 7.11 Å². The van der Waals surface area contributed by atoms with Gasteiger partial charge in [-0.05, 0) is 92.1 Å². The highest BCUT2D eigenvalue weighted by atomic mass is 16.5. The first kappa shape index (κ1) is 24.7. The third kappa shape index (κ3) is 4.47. The molecule has 0 N–H and O–H groups in total. The topological polar surface area (TPSA) is 60.9 Å². The van der Waals surface area contributed by atoms with Gasteiger partial charge in [0.25, 0.3) is 5.91 Å². The van der Waals surface area contributed by atoms with Crippen LogP contribution >= 0.6 is 0 Å². The normalized spacial score (nSPS) is 22.3. The summed E-state index contributed by atoms with van der Waals surface area (Å²) in [6.45, 7) is 3.97. The molecule has 1 saturated carbocycles. The van der Waals surface area contributed by atoms with Gasteiger partial charge in [-0.2, -0.15) is 0 Å². The molecule has 2 heterocycles. The molecule has 2 aliphatic carbocycles. The standard InChI is InChI=1S/C32H34N2O4/c1-32(2)34(30-25-11-7-4-8-23(25)20-29(30)38-32)31(35)26(22-14-16-33-17-15-22)18-21-12-13-27(36-3)28(19-21)37-24-9-5-6-10-24/h4,7-8,11-19,24,29-30H,5-6,9-10,20H2,1-3H3/b26-18+/t29-,30+/m1/s1. The Morgan fingerprint density at radius 2 is 1.82 bits per heavy atom. The van der Waals surface area contributed by atoms with Gasteiger partial charge < -0.3 is 19.1 Å². The van der Waals surface area contributed by atoms with Crippen LogP contribution in [0.3, 0.4) is 0 Å². The molecule has 0 radical (unpaired) electrons. The molecule has 1 aromatic heterocycles. The Kier molecular flexibility index (Phi) is 6.44. The molecular weight excluding hydrogens is 476 g/mol. The van der Waals surface area contributed by atoms with E-state index in [1.54, 1.807) is 19.5 Å². The molecule has 3 aliphatic rings. The van der Waals surface area contributed by atoms with Gasteiger partial charge >= 0.3 is 0 Å². The number of aromatic nitrogens is 1. The van der Waals surface area contributed by atoms with Crippen LogP contribution in [0, 0.1) is 0 Å². The molecule has 1 amide bonds. The second-order valence-electron chi connectivity index (χ2n) is 10.9. The maximum Gasteiger partial charge on any atom is 0.257 e. The van der Waals surface area contributed by atoms with Gasteiger partial charge in [-0.25, -0.2) is 0 Å². The van der Waals surface area contributed by atoms with Crippen LogP contribution in [0.25, 0.3) is 11.6 Å². The van der Waals surface area contributed by atoms with Gasteiger partial charge in [-0.3, -0.25) is 9.78 Å². The van der Waals surface area contributed by atoms with Crippen molar-refractivity contribution in [1.29, 1.82) is 0 Å². The van der Waals surface area contributed by atoms with Crippen LogP contribution in [0.1, 0.15) is 67.8 Å². The highest BCUT2D eigenvalue weighted by molar-refractivity contribution is 6.24. The summed E-state index contributed by atoms with van der Waals surface area (Å²) in [5, 5.41) is 0. The largest absolute Gasteiger partial charge is 0.493 e. The highest BCUT2D eigenvalue weighted by Crippen LogP contribution is 2.49. The van der Waals surface area contributed by atoms with Crippen LogP contribution < -0.4 is 9.47 Å². The molecule has 1 aliphatic heterocycles. The number of methoxy groups -OCH3 is 1. The van der Waals surface area contributed by atoms with Crippen LogP contribution in [-0.4, -0.2) is 40.8 Å². The van der Waals surface area contributed by atoms with Crippen LogP contribution in [-0.2, 0) is 16.0 Å².